The molecule has 0 saturated heterocycles. The maximum absolute atomic E-state index is 12.7. The van der Waals surface area contributed by atoms with Gasteiger partial charge in [-0.25, -0.2) is 17.9 Å². The summed E-state index contributed by atoms with van der Waals surface area (Å²) < 4.78 is 27.4. The van der Waals surface area contributed by atoms with Crippen LogP contribution in [-0.2, 0) is 10.0 Å². The predicted molar refractivity (Wildman–Crippen MR) is 120 cm³/mol. The first-order chi connectivity index (χ1) is 14.0. The van der Waals surface area contributed by atoms with Crippen LogP contribution in [0.4, 0.5) is 10.5 Å². The lowest BCUT2D eigenvalue weighted by molar-refractivity contribution is 0.256. The number of urea groups is 1. The highest BCUT2D eigenvalue weighted by Gasteiger charge is 2.22. The minimum Gasteiger partial charge on any atom is -0.307 e. The summed E-state index contributed by atoms with van der Waals surface area (Å²) in [4.78, 5) is 23.2. The average molecular weight is 452 g/mol. The van der Waals surface area contributed by atoms with Crippen molar-refractivity contribution in [3.05, 3.63) is 63.0 Å². The van der Waals surface area contributed by atoms with E-state index in [-0.39, 0.29) is 16.7 Å². The molecular formula is C21H26ClN3O4S. The summed E-state index contributed by atoms with van der Waals surface area (Å²) in [6.07, 6.45) is 0. The molecule has 0 bridgehead atoms. The van der Waals surface area contributed by atoms with Gasteiger partial charge in [-0.2, -0.15) is 4.91 Å². The number of nitroso groups, excluding NO2 is 1. The van der Waals surface area contributed by atoms with E-state index in [9.17, 15) is 18.1 Å². The van der Waals surface area contributed by atoms with E-state index in [1.165, 1.54) is 18.2 Å². The van der Waals surface area contributed by atoms with Gasteiger partial charge in [0, 0.05) is 10.7 Å². The van der Waals surface area contributed by atoms with Gasteiger partial charge in [-0.1, -0.05) is 56.6 Å². The Bertz CT molecular complexity index is 1020. The van der Waals surface area contributed by atoms with Gasteiger partial charge in [0.05, 0.1) is 4.90 Å². The molecule has 0 aliphatic carbocycles. The molecule has 0 saturated carbocycles. The second kappa shape index (κ2) is 9.57. The van der Waals surface area contributed by atoms with Gasteiger partial charge in [0.15, 0.2) is 0 Å². The molecule has 0 fully saturated rings. The van der Waals surface area contributed by atoms with E-state index in [0.717, 1.165) is 11.1 Å². The van der Waals surface area contributed by atoms with Gasteiger partial charge in [-0.15, -0.1) is 0 Å². The Kier molecular flexibility index (Phi) is 7.60. The molecule has 2 rings (SSSR count). The molecule has 30 heavy (non-hydrogen) atoms. The Morgan fingerprint density at radius 2 is 1.57 bits per heavy atom. The predicted octanol–water partition coefficient (Wildman–Crippen LogP) is 5.92. The number of carbonyl (C=O) groups is 1. The van der Waals surface area contributed by atoms with Crippen LogP contribution in [0.25, 0.3) is 0 Å². The van der Waals surface area contributed by atoms with Crippen LogP contribution in [0.3, 0.4) is 0 Å². The van der Waals surface area contributed by atoms with Crippen molar-refractivity contribution in [1.82, 2.24) is 4.72 Å². The third-order valence-corrected chi connectivity index (χ3v) is 6.23. The Balaban J connectivity index is 2.35. The van der Waals surface area contributed by atoms with Crippen molar-refractivity contribution in [1.29, 1.82) is 0 Å². The van der Waals surface area contributed by atoms with E-state index in [4.69, 9.17) is 11.6 Å². The SMILES string of the molecule is CC(C)c1cc(Cl)cc(C(C)C)c1NC(=O)NS(=O)(=O)c1cccc(C(C)N=O)c1. The molecule has 2 N–H and O–H groups in total. The number of nitrogens with one attached hydrogen (secondary N) is 2. The number of nitrogens with zero attached hydrogens (tertiary/aromatic N) is 1. The van der Waals surface area contributed by atoms with E-state index in [0.29, 0.717) is 16.3 Å². The molecule has 162 valence electrons. The fourth-order valence-electron chi connectivity index (χ4n) is 3.03. The van der Waals surface area contributed by atoms with E-state index in [1.807, 2.05) is 32.4 Å². The molecule has 1 unspecified atom stereocenters. The van der Waals surface area contributed by atoms with Gasteiger partial charge in [0.25, 0.3) is 10.0 Å². The Hall–Kier alpha value is -2.45. The van der Waals surface area contributed by atoms with Crippen molar-refractivity contribution < 1.29 is 13.2 Å². The quantitative estimate of drug-likeness (QED) is 0.509. The minimum atomic E-state index is -4.15. The van der Waals surface area contributed by atoms with Crippen LogP contribution < -0.4 is 10.0 Å². The number of hydrogen-bond acceptors (Lipinski definition) is 5. The smallest absolute Gasteiger partial charge is 0.307 e. The summed E-state index contributed by atoms with van der Waals surface area (Å²) in [5, 5.41) is 6.14. The van der Waals surface area contributed by atoms with Crippen molar-refractivity contribution in [2.45, 2.75) is 57.4 Å². The molecule has 7 nitrogen and oxygen atoms in total. The van der Waals surface area contributed by atoms with Gasteiger partial charge >= 0.3 is 6.03 Å². The Morgan fingerprint density at radius 3 is 2.07 bits per heavy atom. The molecule has 0 heterocycles. The lowest BCUT2D eigenvalue weighted by Crippen LogP contribution is -2.35. The second-order valence-electron chi connectivity index (χ2n) is 7.68. The normalized spacial score (nSPS) is 12.7. The Labute approximate surface area is 182 Å². The molecule has 9 heteroatoms. The highest BCUT2D eigenvalue weighted by Crippen LogP contribution is 2.35. The van der Waals surface area contributed by atoms with Crippen LogP contribution in [0.5, 0.6) is 0 Å². The number of benzene rings is 2. The Morgan fingerprint density at radius 1 is 1.00 bits per heavy atom. The molecular weight excluding hydrogens is 426 g/mol. The van der Waals surface area contributed by atoms with Crippen LogP contribution in [0.15, 0.2) is 46.5 Å². The number of amides is 2. The van der Waals surface area contributed by atoms with Gasteiger partial charge in [0.1, 0.15) is 6.04 Å². The van der Waals surface area contributed by atoms with Crippen LogP contribution in [0.2, 0.25) is 5.02 Å². The fourth-order valence-corrected chi connectivity index (χ4v) is 4.22. The number of hydrogen-bond donors (Lipinski definition) is 2. The molecule has 0 aliphatic rings. The van der Waals surface area contributed by atoms with Crippen LogP contribution in [-0.4, -0.2) is 14.4 Å². The van der Waals surface area contributed by atoms with Crippen molar-refractivity contribution >= 4 is 33.3 Å². The van der Waals surface area contributed by atoms with Gasteiger partial charge in [-0.3, -0.25) is 0 Å². The third kappa shape index (κ3) is 5.58. The molecule has 2 amide bonds. The van der Waals surface area contributed by atoms with Crippen LogP contribution in [0, 0.1) is 4.91 Å². The zero-order valence-corrected chi connectivity index (χ0v) is 19.1. The zero-order valence-electron chi connectivity index (χ0n) is 17.6. The van der Waals surface area contributed by atoms with Crippen molar-refractivity contribution in [2.75, 3.05) is 5.32 Å². The van der Waals surface area contributed by atoms with E-state index in [1.54, 1.807) is 25.1 Å². The third-order valence-electron chi connectivity index (χ3n) is 4.68. The van der Waals surface area contributed by atoms with Crippen molar-refractivity contribution in [3.8, 4) is 0 Å². The molecule has 0 radical (unpaired) electrons. The molecule has 0 spiro atoms. The average Bonchev–Trinajstić information content (AvgIpc) is 2.67. The van der Waals surface area contributed by atoms with Gasteiger partial charge < -0.3 is 5.32 Å². The lowest BCUT2D eigenvalue weighted by atomic mass is 9.92. The summed E-state index contributed by atoms with van der Waals surface area (Å²) >= 11 is 6.23. The highest BCUT2D eigenvalue weighted by molar-refractivity contribution is 7.90. The second-order valence-corrected chi connectivity index (χ2v) is 9.80. The van der Waals surface area contributed by atoms with Gasteiger partial charge in [-0.05, 0) is 59.7 Å². The zero-order chi connectivity index (χ0) is 22.6. The van der Waals surface area contributed by atoms with Crippen LogP contribution in [0.1, 0.15) is 69.2 Å². The van der Waals surface area contributed by atoms with E-state index in [2.05, 4.69) is 10.5 Å². The van der Waals surface area contributed by atoms with E-state index < -0.39 is 22.1 Å². The fraction of sp³-hybridized carbons (Fsp3) is 0.381. The van der Waals surface area contributed by atoms with Crippen LogP contribution >= 0.6 is 11.6 Å². The summed E-state index contributed by atoms with van der Waals surface area (Å²) in [6.45, 7) is 9.40. The molecule has 2 aromatic carbocycles. The largest absolute Gasteiger partial charge is 0.333 e. The first-order valence-electron chi connectivity index (χ1n) is 9.55. The maximum atomic E-state index is 12.7. The van der Waals surface area contributed by atoms with Gasteiger partial charge in [0.2, 0.25) is 0 Å². The lowest BCUT2D eigenvalue weighted by Gasteiger charge is -2.21. The topological polar surface area (TPSA) is 105 Å². The first kappa shape index (κ1) is 23.8. The minimum absolute atomic E-state index is 0.0575. The maximum Gasteiger partial charge on any atom is 0.333 e. The summed E-state index contributed by atoms with van der Waals surface area (Å²) in [5.41, 5.74) is 2.61. The van der Waals surface area contributed by atoms with Crippen molar-refractivity contribution in [2.24, 2.45) is 5.18 Å². The van der Waals surface area contributed by atoms with Crippen molar-refractivity contribution in [3.63, 3.8) is 0 Å². The molecule has 1 atom stereocenters. The van der Waals surface area contributed by atoms with E-state index >= 15 is 0 Å². The molecule has 2 aromatic rings. The summed E-state index contributed by atoms with van der Waals surface area (Å²) in [6, 6.07) is 7.71. The monoisotopic (exact) mass is 451 g/mol. The summed E-state index contributed by atoms with van der Waals surface area (Å²) in [7, 11) is -4.15. The number of halogens is 1. The number of rotatable bonds is 7. The number of carbonyl (C=O) groups excluding carboxylic acids is 1. The highest BCUT2D eigenvalue weighted by atomic mass is 35.5. The first-order valence-corrected chi connectivity index (χ1v) is 11.4. The number of anilines is 1. The molecule has 0 aromatic heterocycles. The standard InChI is InChI=1S/C21H26ClN3O4S/c1-12(2)18-10-16(22)11-19(13(3)4)20(18)23-21(26)25-30(28,29)17-8-6-7-15(9-17)14(5)24-27/h6-14H,1-5H3,(H2,23,25,26). The summed E-state index contributed by atoms with van der Waals surface area (Å²) in [5.74, 6) is 0.115. The molecule has 0 aliphatic heterocycles. The number of sulfonamides is 1.